The quantitative estimate of drug-likeness (QED) is 0.102. The number of rotatable bonds is 19. The van der Waals surface area contributed by atoms with Crippen LogP contribution < -0.4 is 0 Å². The smallest absolute Gasteiger partial charge is 0.186 e. The zero-order chi connectivity index (χ0) is 27.9. The fourth-order valence-electron chi connectivity index (χ4n) is 4.60. The average Bonchev–Trinajstić information content (AvgIpc) is 2.92. The van der Waals surface area contributed by atoms with Gasteiger partial charge >= 0.3 is 0 Å². The van der Waals surface area contributed by atoms with Crippen molar-refractivity contribution in [3.05, 3.63) is 0 Å². The first-order chi connectivity index (χ1) is 18.3. The molecule has 7 N–H and O–H groups in total. The molecule has 12 nitrogen and oxygen atoms in total. The maximum absolute atomic E-state index is 10.3. The summed E-state index contributed by atoms with van der Waals surface area (Å²) in [4.78, 5) is 0. The molecule has 38 heavy (non-hydrogen) atoms. The van der Waals surface area contributed by atoms with E-state index in [1.54, 1.807) is 0 Å². The normalized spacial score (nSPS) is 36.0. The molecule has 0 amide bonds. The van der Waals surface area contributed by atoms with Gasteiger partial charge in [0.1, 0.15) is 48.8 Å². The van der Waals surface area contributed by atoms with E-state index in [9.17, 15) is 35.7 Å². The van der Waals surface area contributed by atoms with Gasteiger partial charge in [-0.25, -0.2) is 0 Å². The fourth-order valence-corrected chi connectivity index (χ4v) is 4.60. The number of hydrogen-bond acceptors (Lipinski definition) is 12. The average molecular weight is 555 g/mol. The Labute approximate surface area is 225 Å². The Kier molecular flexibility index (Phi) is 16.7. The Morgan fingerprint density at radius 2 is 1.03 bits per heavy atom. The zero-order valence-corrected chi connectivity index (χ0v) is 22.6. The standard InChI is InChI=1S/C26H50O12/c1-2-3-4-5-6-7-8-9-10-11-12-34-13-14-35-25-23(32)22(31)20(29)18(38-25)16-36-26-24(33)21(30)19(28)17(15-27)37-26/h17-33H,2-16H2,1H3/t17-,18-,19+,20-,21+,22+,23-,24-,25+,26-/m1/s1. The monoisotopic (exact) mass is 554 g/mol. The predicted octanol–water partition coefficient (Wildman–Crippen LogP) is -0.435. The molecule has 2 aliphatic rings. The van der Waals surface area contributed by atoms with Crippen molar-refractivity contribution in [2.45, 2.75) is 133 Å². The molecular weight excluding hydrogens is 504 g/mol. The molecule has 0 unspecified atom stereocenters. The van der Waals surface area contributed by atoms with Crippen molar-refractivity contribution in [1.82, 2.24) is 0 Å². The SMILES string of the molecule is CCCCCCCCCCCCOCCO[C@H]1O[C@H](CO[C@@H]2O[C@H](CO)[C@H](O)[C@H](O)[C@H]2O)[C@@H](O)[C@H](O)[C@H]1O. The van der Waals surface area contributed by atoms with Crippen LogP contribution in [0.4, 0.5) is 0 Å². The van der Waals surface area contributed by atoms with E-state index < -0.39 is 74.6 Å². The Hall–Kier alpha value is -0.480. The Morgan fingerprint density at radius 1 is 0.526 bits per heavy atom. The van der Waals surface area contributed by atoms with Crippen LogP contribution in [0, 0.1) is 0 Å². The highest BCUT2D eigenvalue weighted by Crippen LogP contribution is 2.26. The van der Waals surface area contributed by atoms with E-state index >= 15 is 0 Å². The van der Waals surface area contributed by atoms with Gasteiger partial charge in [0.15, 0.2) is 12.6 Å². The lowest BCUT2D eigenvalue weighted by Crippen LogP contribution is -2.61. The fraction of sp³-hybridized carbons (Fsp3) is 1.00. The second-order valence-electron chi connectivity index (χ2n) is 10.2. The third kappa shape index (κ3) is 10.8. The van der Waals surface area contributed by atoms with Crippen LogP contribution in [0.1, 0.15) is 71.1 Å². The largest absolute Gasteiger partial charge is 0.394 e. The maximum atomic E-state index is 10.3. The summed E-state index contributed by atoms with van der Waals surface area (Å²) >= 11 is 0. The van der Waals surface area contributed by atoms with E-state index in [1.807, 2.05) is 0 Å². The van der Waals surface area contributed by atoms with E-state index in [-0.39, 0.29) is 13.2 Å². The molecule has 2 rings (SSSR count). The van der Waals surface area contributed by atoms with Crippen LogP contribution in [-0.4, -0.2) is 130 Å². The lowest BCUT2D eigenvalue weighted by molar-refractivity contribution is -0.331. The molecule has 2 fully saturated rings. The maximum Gasteiger partial charge on any atom is 0.186 e. The molecule has 2 aliphatic heterocycles. The van der Waals surface area contributed by atoms with Gasteiger partial charge in [-0.2, -0.15) is 0 Å². The summed E-state index contributed by atoms with van der Waals surface area (Å²) in [5.41, 5.74) is 0. The van der Waals surface area contributed by atoms with Crippen molar-refractivity contribution >= 4 is 0 Å². The summed E-state index contributed by atoms with van der Waals surface area (Å²) in [6, 6.07) is 0. The minimum atomic E-state index is -1.62. The highest BCUT2D eigenvalue weighted by Gasteiger charge is 2.47. The van der Waals surface area contributed by atoms with Gasteiger partial charge in [-0.15, -0.1) is 0 Å². The molecule has 0 aliphatic carbocycles. The molecule has 0 bridgehead atoms. The molecular formula is C26H50O12. The number of unbranched alkanes of at least 4 members (excludes halogenated alkanes) is 9. The Bertz CT molecular complexity index is 597. The van der Waals surface area contributed by atoms with Gasteiger partial charge in [0.05, 0.1) is 26.4 Å². The van der Waals surface area contributed by atoms with Gasteiger partial charge in [0.2, 0.25) is 0 Å². The zero-order valence-electron chi connectivity index (χ0n) is 22.6. The summed E-state index contributed by atoms with van der Waals surface area (Å²) in [6.07, 6.45) is -1.97. The first kappa shape index (κ1) is 33.7. The van der Waals surface area contributed by atoms with Crippen LogP contribution >= 0.6 is 0 Å². The lowest BCUT2D eigenvalue weighted by atomic mass is 9.98. The topological polar surface area (TPSA) is 188 Å². The second-order valence-corrected chi connectivity index (χ2v) is 10.2. The molecule has 0 aromatic rings. The molecule has 0 spiro atoms. The molecule has 2 saturated heterocycles. The molecule has 0 aromatic heterocycles. The summed E-state index contributed by atoms with van der Waals surface area (Å²) in [5, 5.41) is 69.8. The molecule has 2 heterocycles. The number of aliphatic hydroxyl groups is 7. The van der Waals surface area contributed by atoms with Crippen molar-refractivity contribution in [3.63, 3.8) is 0 Å². The lowest BCUT2D eigenvalue weighted by Gasteiger charge is -2.42. The van der Waals surface area contributed by atoms with E-state index in [0.29, 0.717) is 6.61 Å². The first-order valence-corrected chi connectivity index (χ1v) is 14.1. The van der Waals surface area contributed by atoms with Gasteiger partial charge in [0, 0.05) is 6.61 Å². The minimum absolute atomic E-state index is 0.0998. The summed E-state index contributed by atoms with van der Waals surface area (Å²) in [5.74, 6) is 0. The molecule has 0 saturated carbocycles. The van der Waals surface area contributed by atoms with Gasteiger partial charge < -0.3 is 59.4 Å². The summed E-state index contributed by atoms with van der Waals surface area (Å²) in [6.45, 7) is 2.18. The number of hydrogen-bond donors (Lipinski definition) is 7. The van der Waals surface area contributed by atoms with Crippen LogP contribution in [0.15, 0.2) is 0 Å². The van der Waals surface area contributed by atoms with Gasteiger partial charge in [0.25, 0.3) is 0 Å². The molecule has 0 aromatic carbocycles. The van der Waals surface area contributed by atoms with Gasteiger partial charge in [-0.3, -0.25) is 0 Å². The summed E-state index contributed by atoms with van der Waals surface area (Å²) < 4.78 is 27.3. The van der Waals surface area contributed by atoms with E-state index in [0.717, 1.165) is 12.8 Å². The van der Waals surface area contributed by atoms with Crippen molar-refractivity contribution < 1.29 is 59.4 Å². The molecule has 10 atom stereocenters. The van der Waals surface area contributed by atoms with Gasteiger partial charge in [-0.05, 0) is 6.42 Å². The predicted molar refractivity (Wildman–Crippen MR) is 135 cm³/mol. The number of ether oxygens (including phenoxy) is 5. The second kappa shape index (κ2) is 18.8. The third-order valence-electron chi connectivity index (χ3n) is 7.09. The molecule has 0 radical (unpaired) electrons. The number of aliphatic hydroxyl groups excluding tert-OH is 7. The Balaban J connectivity index is 1.61. The first-order valence-electron chi connectivity index (χ1n) is 14.1. The van der Waals surface area contributed by atoms with E-state index in [2.05, 4.69) is 6.92 Å². The van der Waals surface area contributed by atoms with Crippen LogP contribution in [0.3, 0.4) is 0 Å². The van der Waals surface area contributed by atoms with Crippen LogP contribution in [0.5, 0.6) is 0 Å². The highest BCUT2D eigenvalue weighted by atomic mass is 16.7. The summed E-state index contributed by atoms with van der Waals surface area (Å²) in [7, 11) is 0. The molecule has 226 valence electrons. The van der Waals surface area contributed by atoms with Crippen LogP contribution in [-0.2, 0) is 23.7 Å². The van der Waals surface area contributed by atoms with Gasteiger partial charge in [-0.1, -0.05) is 64.7 Å². The molecule has 12 heteroatoms. The van der Waals surface area contributed by atoms with Crippen molar-refractivity contribution in [3.8, 4) is 0 Å². The van der Waals surface area contributed by atoms with Crippen molar-refractivity contribution in [1.29, 1.82) is 0 Å². The van der Waals surface area contributed by atoms with Crippen LogP contribution in [0.2, 0.25) is 0 Å². The van der Waals surface area contributed by atoms with Crippen molar-refractivity contribution in [2.24, 2.45) is 0 Å². The third-order valence-corrected chi connectivity index (χ3v) is 7.09. The van der Waals surface area contributed by atoms with Crippen LogP contribution in [0.25, 0.3) is 0 Å². The minimum Gasteiger partial charge on any atom is -0.394 e. The van der Waals surface area contributed by atoms with Crippen molar-refractivity contribution in [2.75, 3.05) is 33.0 Å². The van der Waals surface area contributed by atoms with E-state index in [4.69, 9.17) is 23.7 Å². The highest BCUT2D eigenvalue weighted by molar-refractivity contribution is 4.91. The Morgan fingerprint density at radius 3 is 1.61 bits per heavy atom. The van der Waals surface area contributed by atoms with E-state index in [1.165, 1.54) is 51.4 Å².